The van der Waals surface area contributed by atoms with E-state index in [1.807, 2.05) is 17.0 Å². The first-order chi connectivity index (χ1) is 8.20. The lowest BCUT2D eigenvalue weighted by molar-refractivity contribution is -0.118. The highest BCUT2D eigenvalue weighted by molar-refractivity contribution is 5.95. The van der Waals surface area contributed by atoms with Crippen molar-refractivity contribution in [2.24, 2.45) is 0 Å². The number of aryl methyl sites for hydroxylation is 1. The number of hydrogen-bond donors (Lipinski definition) is 1. The van der Waals surface area contributed by atoms with Gasteiger partial charge in [0.05, 0.1) is 6.54 Å². The van der Waals surface area contributed by atoms with Gasteiger partial charge in [-0.05, 0) is 50.4 Å². The molecular formula is C14H20N2O. The Bertz CT molecular complexity index is 415. The fraction of sp³-hybridized carbons (Fsp3) is 0.500. The van der Waals surface area contributed by atoms with E-state index in [0.29, 0.717) is 6.54 Å². The molecule has 1 aromatic carbocycles. The molecule has 1 N–H and O–H groups in total. The van der Waals surface area contributed by atoms with Gasteiger partial charge in [-0.15, -0.1) is 0 Å². The fourth-order valence-electron chi connectivity index (χ4n) is 2.22. The van der Waals surface area contributed by atoms with Gasteiger partial charge in [0.2, 0.25) is 5.91 Å². The van der Waals surface area contributed by atoms with Crippen LogP contribution in [0.2, 0.25) is 0 Å². The summed E-state index contributed by atoms with van der Waals surface area (Å²) in [6, 6.07) is 6.16. The van der Waals surface area contributed by atoms with Crippen molar-refractivity contribution in [2.45, 2.75) is 26.7 Å². The normalized spacial score (nSPS) is 17.8. The smallest absolute Gasteiger partial charge is 0.240 e. The van der Waals surface area contributed by atoms with Crippen molar-refractivity contribution >= 4 is 11.6 Å². The molecule has 1 heterocycles. The molecule has 1 aromatic rings. The maximum Gasteiger partial charge on any atom is 0.240 e. The highest BCUT2D eigenvalue weighted by atomic mass is 16.2. The first-order valence-electron chi connectivity index (χ1n) is 6.27. The van der Waals surface area contributed by atoms with Crippen LogP contribution in [0.5, 0.6) is 0 Å². The summed E-state index contributed by atoms with van der Waals surface area (Å²) in [6.45, 7) is 6.42. The molecule has 0 unspecified atom stereocenters. The molecule has 92 valence electrons. The third kappa shape index (κ3) is 2.67. The predicted octanol–water partition coefficient (Wildman–Crippen LogP) is 2.02. The molecule has 1 amide bonds. The van der Waals surface area contributed by atoms with Gasteiger partial charge in [0.25, 0.3) is 0 Å². The molecule has 0 atom stereocenters. The Morgan fingerprint density at radius 1 is 1.24 bits per heavy atom. The number of carbonyl (C=O) groups excluding carboxylic acids is 1. The minimum Gasteiger partial charge on any atom is -0.311 e. The van der Waals surface area contributed by atoms with Gasteiger partial charge in [-0.2, -0.15) is 0 Å². The summed E-state index contributed by atoms with van der Waals surface area (Å²) in [6.07, 6.45) is 2.20. The lowest BCUT2D eigenvalue weighted by atomic mass is 10.1. The molecule has 1 saturated heterocycles. The fourth-order valence-corrected chi connectivity index (χ4v) is 2.22. The van der Waals surface area contributed by atoms with Crippen LogP contribution < -0.4 is 10.2 Å². The molecule has 3 nitrogen and oxygen atoms in total. The van der Waals surface area contributed by atoms with Crippen LogP contribution in [0.3, 0.4) is 0 Å². The summed E-state index contributed by atoms with van der Waals surface area (Å²) >= 11 is 0. The summed E-state index contributed by atoms with van der Waals surface area (Å²) in [7, 11) is 0. The molecule has 2 rings (SSSR count). The average Bonchev–Trinajstić information content (AvgIpc) is 2.29. The van der Waals surface area contributed by atoms with Crippen LogP contribution in [-0.2, 0) is 4.79 Å². The van der Waals surface area contributed by atoms with Gasteiger partial charge in [-0.3, -0.25) is 4.79 Å². The monoisotopic (exact) mass is 232 g/mol. The molecule has 0 saturated carbocycles. The van der Waals surface area contributed by atoms with E-state index in [2.05, 4.69) is 25.2 Å². The largest absolute Gasteiger partial charge is 0.311 e. The zero-order chi connectivity index (χ0) is 12.3. The first-order valence-corrected chi connectivity index (χ1v) is 6.27. The lowest BCUT2D eigenvalue weighted by Crippen LogP contribution is -2.41. The second kappa shape index (κ2) is 5.32. The Labute approximate surface area is 103 Å². The average molecular weight is 232 g/mol. The number of anilines is 1. The number of rotatable bonds is 1. The van der Waals surface area contributed by atoms with E-state index in [-0.39, 0.29) is 5.91 Å². The molecule has 1 fully saturated rings. The zero-order valence-electron chi connectivity index (χ0n) is 10.6. The first kappa shape index (κ1) is 12.1. The number of nitrogens with zero attached hydrogens (tertiary/aromatic N) is 1. The topological polar surface area (TPSA) is 32.3 Å². The molecule has 1 aliphatic rings. The molecule has 0 bridgehead atoms. The van der Waals surface area contributed by atoms with Gasteiger partial charge in [-0.1, -0.05) is 12.1 Å². The number of nitrogens with one attached hydrogen (secondary N) is 1. The highest BCUT2D eigenvalue weighted by Gasteiger charge is 2.18. The van der Waals surface area contributed by atoms with E-state index in [1.54, 1.807) is 0 Å². The lowest BCUT2D eigenvalue weighted by Gasteiger charge is -2.27. The summed E-state index contributed by atoms with van der Waals surface area (Å²) < 4.78 is 0. The van der Waals surface area contributed by atoms with E-state index in [4.69, 9.17) is 0 Å². The second-order valence-electron chi connectivity index (χ2n) is 4.65. The summed E-state index contributed by atoms with van der Waals surface area (Å²) in [4.78, 5) is 14.0. The van der Waals surface area contributed by atoms with Gasteiger partial charge in [0.15, 0.2) is 0 Å². The van der Waals surface area contributed by atoms with Crippen molar-refractivity contribution in [1.82, 2.24) is 5.32 Å². The van der Waals surface area contributed by atoms with Crippen molar-refractivity contribution < 1.29 is 4.79 Å². The molecule has 0 radical (unpaired) electrons. The van der Waals surface area contributed by atoms with Gasteiger partial charge < -0.3 is 10.2 Å². The molecule has 0 aliphatic carbocycles. The van der Waals surface area contributed by atoms with E-state index < -0.39 is 0 Å². The maximum atomic E-state index is 12.1. The number of benzene rings is 1. The Balaban J connectivity index is 2.29. The molecule has 1 aliphatic heterocycles. The number of hydrogen-bond acceptors (Lipinski definition) is 2. The summed E-state index contributed by atoms with van der Waals surface area (Å²) in [5.74, 6) is 0.179. The standard InChI is InChI=1S/C14H20N2O/c1-11-6-5-7-13(12(11)2)16-9-4-3-8-15-10-14(16)17/h5-7,15H,3-4,8-10H2,1-2H3. The molecular weight excluding hydrogens is 212 g/mol. The van der Waals surface area contributed by atoms with Crippen molar-refractivity contribution in [3.8, 4) is 0 Å². The second-order valence-corrected chi connectivity index (χ2v) is 4.65. The Morgan fingerprint density at radius 3 is 2.88 bits per heavy atom. The van der Waals surface area contributed by atoms with Crippen LogP contribution in [-0.4, -0.2) is 25.5 Å². The Morgan fingerprint density at radius 2 is 2.06 bits per heavy atom. The van der Waals surface area contributed by atoms with E-state index in [1.165, 1.54) is 11.1 Å². The third-order valence-corrected chi connectivity index (χ3v) is 3.43. The minimum atomic E-state index is 0.179. The maximum absolute atomic E-state index is 12.1. The number of amides is 1. The van der Waals surface area contributed by atoms with Crippen molar-refractivity contribution in [2.75, 3.05) is 24.5 Å². The minimum absolute atomic E-state index is 0.179. The van der Waals surface area contributed by atoms with Crippen molar-refractivity contribution in [3.63, 3.8) is 0 Å². The Hall–Kier alpha value is -1.35. The molecule has 3 heteroatoms. The quantitative estimate of drug-likeness (QED) is 0.803. The predicted molar refractivity (Wildman–Crippen MR) is 70.4 cm³/mol. The van der Waals surface area contributed by atoms with Gasteiger partial charge in [0, 0.05) is 12.2 Å². The van der Waals surface area contributed by atoms with Crippen molar-refractivity contribution in [3.05, 3.63) is 29.3 Å². The van der Waals surface area contributed by atoms with E-state index in [0.717, 1.165) is 31.6 Å². The van der Waals surface area contributed by atoms with Crippen LogP contribution in [0.25, 0.3) is 0 Å². The summed E-state index contributed by atoms with van der Waals surface area (Å²) in [5.41, 5.74) is 3.52. The number of carbonyl (C=O) groups is 1. The van der Waals surface area contributed by atoms with Crippen LogP contribution in [0, 0.1) is 13.8 Å². The highest BCUT2D eigenvalue weighted by Crippen LogP contribution is 2.23. The Kier molecular flexibility index (Phi) is 3.79. The van der Waals surface area contributed by atoms with E-state index >= 15 is 0 Å². The van der Waals surface area contributed by atoms with E-state index in [9.17, 15) is 4.79 Å². The SMILES string of the molecule is Cc1cccc(N2CCCCNCC2=O)c1C. The van der Waals surface area contributed by atoms with Crippen LogP contribution >= 0.6 is 0 Å². The van der Waals surface area contributed by atoms with Crippen LogP contribution in [0.15, 0.2) is 18.2 Å². The molecule has 0 spiro atoms. The van der Waals surface area contributed by atoms with Crippen LogP contribution in [0.1, 0.15) is 24.0 Å². The molecule has 0 aromatic heterocycles. The van der Waals surface area contributed by atoms with Gasteiger partial charge >= 0.3 is 0 Å². The zero-order valence-corrected chi connectivity index (χ0v) is 10.6. The third-order valence-electron chi connectivity index (χ3n) is 3.43. The van der Waals surface area contributed by atoms with Gasteiger partial charge in [0.1, 0.15) is 0 Å². The summed E-state index contributed by atoms with van der Waals surface area (Å²) in [5, 5.41) is 3.18. The van der Waals surface area contributed by atoms with Crippen molar-refractivity contribution in [1.29, 1.82) is 0 Å². The van der Waals surface area contributed by atoms with Gasteiger partial charge in [-0.25, -0.2) is 0 Å². The van der Waals surface area contributed by atoms with Crippen LogP contribution in [0.4, 0.5) is 5.69 Å². The molecule has 17 heavy (non-hydrogen) atoms.